The molecule has 198 valence electrons. The molecule has 0 unspecified atom stereocenters. The van der Waals surface area contributed by atoms with Crippen LogP contribution in [0, 0.1) is 5.41 Å². The standard InChI is InChI=1S/C26H33N5O5S/c1-2-13-31-20(32)18-19(30-23(31)36-16-5-3-4-6-16)29-22(28-18)26-10-7-25(8-11-26,9-12-26)15-35-24-27-14-17(37-24)21(33)34/h14,16H,2-13,15H2,1H3,(H,28,29)(H,33,34). The summed E-state index contributed by atoms with van der Waals surface area (Å²) in [7, 11) is 0. The molecule has 3 aromatic heterocycles. The molecule has 0 amide bonds. The minimum Gasteiger partial charge on any atom is -0.477 e. The Morgan fingerprint density at radius 2 is 1.92 bits per heavy atom. The first-order valence-electron chi connectivity index (χ1n) is 13.4. The monoisotopic (exact) mass is 527 g/mol. The van der Waals surface area contributed by atoms with Crippen molar-refractivity contribution >= 4 is 28.5 Å². The lowest BCUT2D eigenvalue weighted by atomic mass is 9.53. The molecule has 0 radical (unpaired) electrons. The van der Waals surface area contributed by atoms with E-state index in [4.69, 9.17) is 24.5 Å². The first-order chi connectivity index (χ1) is 17.9. The van der Waals surface area contributed by atoms with Gasteiger partial charge in [-0.2, -0.15) is 4.98 Å². The molecule has 0 saturated heterocycles. The van der Waals surface area contributed by atoms with Crippen LogP contribution in [-0.4, -0.2) is 48.3 Å². The van der Waals surface area contributed by atoms with Crippen LogP contribution in [0.4, 0.5) is 0 Å². The van der Waals surface area contributed by atoms with Crippen molar-refractivity contribution < 1.29 is 19.4 Å². The van der Waals surface area contributed by atoms with Gasteiger partial charge in [0.05, 0.1) is 12.8 Å². The Kier molecular flexibility index (Phi) is 6.21. The number of hydrogen-bond acceptors (Lipinski definition) is 8. The number of imidazole rings is 1. The van der Waals surface area contributed by atoms with Crippen molar-refractivity contribution in [1.82, 2.24) is 24.5 Å². The lowest BCUT2D eigenvalue weighted by Gasteiger charge is -2.52. The fraction of sp³-hybridized carbons (Fsp3) is 0.654. The second-order valence-corrected chi connectivity index (χ2v) is 12.0. The normalized spacial score (nSPS) is 25.6. The quantitative estimate of drug-likeness (QED) is 0.410. The predicted octanol–water partition coefficient (Wildman–Crippen LogP) is 4.68. The van der Waals surface area contributed by atoms with E-state index in [0.717, 1.165) is 87.8 Å². The molecule has 7 rings (SSSR count). The van der Waals surface area contributed by atoms with E-state index in [1.807, 2.05) is 6.92 Å². The number of H-pyrrole nitrogens is 1. The summed E-state index contributed by atoms with van der Waals surface area (Å²) in [6.07, 6.45) is 12.5. The molecule has 4 aliphatic rings. The van der Waals surface area contributed by atoms with E-state index in [-0.39, 0.29) is 27.4 Å². The molecule has 4 aliphatic carbocycles. The summed E-state index contributed by atoms with van der Waals surface area (Å²) in [4.78, 5) is 41.9. The van der Waals surface area contributed by atoms with Gasteiger partial charge < -0.3 is 19.6 Å². The average Bonchev–Trinajstić information content (AvgIpc) is 3.68. The Hall–Kier alpha value is -2.95. The van der Waals surface area contributed by atoms with Crippen LogP contribution in [0.25, 0.3) is 11.2 Å². The van der Waals surface area contributed by atoms with Gasteiger partial charge in [-0.15, -0.1) is 0 Å². The van der Waals surface area contributed by atoms with Crippen LogP contribution in [0.1, 0.15) is 93.0 Å². The Bertz CT molecular complexity index is 1350. The SMILES string of the molecule is CCCn1c(OC2CCCC2)nc2nc(C34CCC(COc5ncc(C(=O)O)s5)(CC3)CC4)[nH]c2c1=O. The zero-order valence-corrected chi connectivity index (χ0v) is 21.9. The number of nitrogens with zero attached hydrogens (tertiary/aromatic N) is 4. The van der Waals surface area contributed by atoms with Gasteiger partial charge in [0.2, 0.25) is 0 Å². The maximum absolute atomic E-state index is 13.4. The molecule has 37 heavy (non-hydrogen) atoms. The molecule has 11 heteroatoms. The number of nitrogens with one attached hydrogen (secondary N) is 1. The summed E-state index contributed by atoms with van der Waals surface area (Å²) >= 11 is 1.07. The van der Waals surface area contributed by atoms with E-state index in [1.165, 1.54) is 6.20 Å². The number of thiazole rings is 1. The predicted molar refractivity (Wildman–Crippen MR) is 138 cm³/mol. The van der Waals surface area contributed by atoms with Crippen molar-refractivity contribution in [1.29, 1.82) is 0 Å². The van der Waals surface area contributed by atoms with Crippen LogP contribution in [0.5, 0.6) is 11.2 Å². The molecular weight excluding hydrogens is 494 g/mol. The largest absolute Gasteiger partial charge is 0.477 e. The number of fused-ring (bicyclic) bond motifs is 4. The maximum atomic E-state index is 13.4. The lowest BCUT2D eigenvalue weighted by Crippen LogP contribution is -2.47. The molecule has 4 saturated carbocycles. The van der Waals surface area contributed by atoms with Gasteiger partial charge >= 0.3 is 12.0 Å². The van der Waals surface area contributed by atoms with Gasteiger partial charge in [0, 0.05) is 17.4 Å². The number of carbonyl (C=O) groups is 1. The topological polar surface area (TPSA) is 132 Å². The average molecular weight is 528 g/mol. The Morgan fingerprint density at radius 3 is 2.57 bits per heavy atom. The highest BCUT2D eigenvalue weighted by Gasteiger charge is 2.51. The van der Waals surface area contributed by atoms with Crippen LogP contribution >= 0.6 is 11.3 Å². The number of aromatic nitrogens is 5. The minimum atomic E-state index is -0.982. The highest BCUT2D eigenvalue weighted by molar-refractivity contribution is 7.15. The van der Waals surface area contributed by atoms with Gasteiger partial charge in [-0.05, 0) is 70.6 Å². The Morgan fingerprint density at radius 1 is 1.19 bits per heavy atom. The van der Waals surface area contributed by atoms with Gasteiger partial charge in [-0.3, -0.25) is 9.36 Å². The number of carboxylic acids is 1. The number of aromatic amines is 1. The third-order valence-corrected chi connectivity index (χ3v) is 9.60. The van der Waals surface area contributed by atoms with Crippen molar-refractivity contribution in [2.75, 3.05) is 6.61 Å². The fourth-order valence-electron chi connectivity index (χ4n) is 6.36. The highest BCUT2D eigenvalue weighted by Crippen LogP contribution is 2.57. The van der Waals surface area contributed by atoms with E-state index < -0.39 is 5.97 Å². The molecular formula is C26H33N5O5S. The van der Waals surface area contributed by atoms with Crippen LogP contribution in [-0.2, 0) is 12.0 Å². The van der Waals surface area contributed by atoms with Crippen LogP contribution in [0.2, 0.25) is 0 Å². The Labute approximate surface area is 218 Å². The van der Waals surface area contributed by atoms with Crippen LogP contribution in [0.3, 0.4) is 0 Å². The summed E-state index contributed by atoms with van der Waals surface area (Å²) in [6, 6.07) is 0.401. The van der Waals surface area contributed by atoms with Crippen molar-refractivity contribution in [3.8, 4) is 11.2 Å². The van der Waals surface area contributed by atoms with Gasteiger partial charge in [-0.25, -0.2) is 14.8 Å². The number of hydrogen-bond donors (Lipinski definition) is 2. The molecule has 3 heterocycles. The van der Waals surface area contributed by atoms with Crippen LogP contribution in [0.15, 0.2) is 11.0 Å². The van der Waals surface area contributed by atoms with Gasteiger partial charge in [-0.1, -0.05) is 18.3 Å². The maximum Gasteiger partial charge on any atom is 0.347 e. The molecule has 4 fully saturated rings. The number of carboxylic acid groups (broad SMARTS) is 1. The van der Waals surface area contributed by atoms with E-state index >= 15 is 0 Å². The molecule has 0 atom stereocenters. The zero-order valence-electron chi connectivity index (χ0n) is 21.1. The van der Waals surface area contributed by atoms with E-state index in [0.29, 0.717) is 35.5 Å². The van der Waals surface area contributed by atoms with Crippen LogP contribution < -0.4 is 15.0 Å². The molecule has 0 aromatic carbocycles. The Balaban J connectivity index is 1.21. The van der Waals surface area contributed by atoms with E-state index in [9.17, 15) is 9.59 Å². The smallest absolute Gasteiger partial charge is 0.347 e. The third kappa shape index (κ3) is 4.41. The van der Waals surface area contributed by atoms with Crippen molar-refractivity contribution in [2.24, 2.45) is 5.41 Å². The number of aromatic carboxylic acids is 1. The highest BCUT2D eigenvalue weighted by atomic mass is 32.1. The third-order valence-electron chi connectivity index (χ3n) is 8.70. The molecule has 2 bridgehead atoms. The summed E-state index contributed by atoms with van der Waals surface area (Å²) in [6.45, 7) is 3.16. The molecule has 2 N–H and O–H groups in total. The second-order valence-electron chi connectivity index (χ2n) is 11.0. The van der Waals surface area contributed by atoms with E-state index in [2.05, 4.69) is 9.97 Å². The fourth-order valence-corrected chi connectivity index (χ4v) is 6.96. The first-order valence-corrected chi connectivity index (χ1v) is 14.2. The molecule has 0 spiro atoms. The summed E-state index contributed by atoms with van der Waals surface area (Å²) in [5, 5.41) is 9.53. The van der Waals surface area contributed by atoms with Crippen molar-refractivity contribution in [3.63, 3.8) is 0 Å². The molecule has 0 aliphatic heterocycles. The van der Waals surface area contributed by atoms with Crippen molar-refractivity contribution in [3.05, 3.63) is 27.3 Å². The van der Waals surface area contributed by atoms with Gasteiger partial charge in [0.25, 0.3) is 10.8 Å². The summed E-state index contributed by atoms with van der Waals surface area (Å²) in [5.74, 6) is -0.113. The van der Waals surface area contributed by atoms with Gasteiger partial charge in [0.15, 0.2) is 11.2 Å². The molecule has 10 nitrogen and oxygen atoms in total. The lowest BCUT2D eigenvalue weighted by molar-refractivity contribution is -0.00145. The number of rotatable bonds is 9. The second kappa shape index (κ2) is 9.41. The van der Waals surface area contributed by atoms with E-state index in [1.54, 1.807) is 4.57 Å². The summed E-state index contributed by atoms with van der Waals surface area (Å²) in [5.41, 5.74) is 0.804. The van der Waals surface area contributed by atoms with Gasteiger partial charge in [0.1, 0.15) is 16.8 Å². The van der Waals surface area contributed by atoms with Crippen molar-refractivity contribution in [2.45, 2.75) is 95.6 Å². The first kappa shape index (κ1) is 24.4. The summed E-state index contributed by atoms with van der Waals surface area (Å²) < 4.78 is 13.8. The minimum absolute atomic E-state index is 0.0667. The molecule has 3 aromatic rings. The zero-order chi connectivity index (χ0) is 25.6. The number of ether oxygens (including phenoxy) is 2.